The molecule has 0 saturated carbocycles. The topological polar surface area (TPSA) is 83.8 Å². The predicted molar refractivity (Wildman–Crippen MR) is 115 cm³/mol. The molecule has 4 heterocycles. The lowest BCUT2D eigenvalue weighted by atomic mass is 10.0. The molecule has 0 spiro atoms. The molecular weight excluding hydrogens is 438 g/mol. The van der Waals surface area contributed by atoms with Crippen LogP contribution in [0.2, 0.25) is 0 Å². The molecule has 0 radical (unpaired) electrons. The monoisotopic (exact) mass is 457 g/mol. The van der Waals surface area contributed by atoms with Gasteiger partial charge in [0.15, 0.2) is 5.65 Å². The van der Waals surface area contributed by atoms with E-state index in [9.17, 15) is 22.7 Å². The third kappa shape index (κ3) is 4.75. The zero-order chi connectivity index (χ0) is 23.8. The molecule has 4 aromatic heterocycles. The summed E-state index contributed by atoms with van der Waals surface area (Å²) in [5.41, 5.74) is 0.154. The maximum absolute atomic E-state index is 13.6. The molecule has 0 aliphatic rings. The zero-order valence-corrected chi connectivity index (χ0v) is 17.7. The normalized spacial score (nSPS) is 12.2. The molecule has 33 heavy (non-hydrogen) atoms. The molecule has 4 rings (SSSR count). The van der Waals surface area contributed by atoms with Gasteiger partial charge in [-0.3, -0.25) is 0 Å². The average molecular weight is 457 g/mol. The minimum atomic E-state index is -4.47. The third-order valence-electron chi connectivity index (χ3n) is 4.95. The Morgan fingerprint density at radius 3 is 2.36 bits per heavy atom. The number of nitrogens with zero attached hydrogens (tertiary/aromatic N) is 4. The molecule has 2 N–H and O–H groups in total. The molecule has 0 fully saturated rings. The number of anilines is 2. The standard InChI is InChI=1S/C23H19F4N5O/c1-22(2,33)18-7-3-13(11-24)20(32-18)17-6-5-15-16(9-10-28-21(15)31-17)30-19-8-4-14(12-29-19)23(25,26)27/h3-10,12,33H,11H2,1-2H3,(H,28,29,30,31). The van der Waals surface area contributed by atoms with Gasteiger partial charge >= 0.3 is 6.18 Å². The van der Waals surface area contributed by atoms with E-state index in [1.807, 2.05) is 0 Å². The molecule has 0 unspecified atom stereocenters. The van der Waals surface area contributed by atoms with Crippen LogP contribution in [0.3, 0.4) is 0 Å². The van der Waals surface area contributed by atoms with Crippen molar-refractivity contribution >= 4 is 22.5 Å². The van der Waals surface area contributed by atoms with Crippen molar-refractivity contribution in [2.45, 2.75) is 32.3 Å². The van der Waals surface area contributed by atoms with Gasteiger partial charge in [-0.2, -0.15) is 13.2 Å². The van der Waals surface area contributed by atoms with E-state index in [4.69, 9.17) is 0 Å². The fourth-order valence-corrected chi connectivity index (χ4v) is 3.20. The maximum atomic E-state index is 13.6. The highest BCUT2D eigenvalue weighted by atomic mass is 19.4. The Morgan fingerprint density at radius 2 is 1.73 bits per heavy atom. The largest absolute Gasteiger partial charge is 0.417 e. The van der Waals surface area contributed by atoms with Crippen molar-refractivity contribution in [3.63, 3.8) is 0 Å². The molecule has 0 aromatic carbocycles. The van der Waals surface area contributed by atoms with Gasteiger partial charge in [0.25, 0.3) is 0 Å². The van der Waals surface area contributed by atoms with Gasteiger partial charge in [0, 0.05) is 23.3 Å². The summed E-state index contributed by atoms with van der Waals surface area (Å²) in [6.45, 7) is 2.40. The summed E-state index contributed by atoms with van der Waals surface area (Å²) in [5, 5.41) is 13.8. The highest BCUT2D eigenvalue weighted by Crippen LogP contribution is 2.31. The highest BCUT2D eigenvalue weighted by molar-refractivity contribution is 5.91. The van der Waals surface area contributed by atoms with Gasteiger partial charge in [0.2, 0.25) is 0 Å². The SMILES string of the molecule is CC(C)(O)c1ccc(CF)c(-c2ccc3c(Nc4ccc(C(F)(F)F)cn4)ccnc3n2)n1. The predicted octanol–water partition coefficient (Wildman–Crippen LogP) is 5.55. The smallest absolute Gasteiger partial charge is 0.384 e. The second kappa shape index (κ2) is 8.36. The van der Waals surface area contributed by atoms with E-state index in [1.165, 1.54) is 12.3 Å². The quantitative estimate of drug-likeness (QED) is 0.383. The number of aliphatic hydroxyl groups is 1. The van der Waals surface area contributed by atoms with Gasteiger partial charge in [0.05, 0.1) is 28.3 Å². The van der Waals surface area contributed by atoms with E-state index in [1.54, 1.807) is 44.2 Å². The zero-order valence-electron chi connectivity index (χ0n) is 17.7. The molecular formula is C23H19F4N5O. The van der Waals surface area contributed by atoms with Gasteiger partial charge < -0.3 is 10.4 Å². The molecule has 0 saturated heterocycles. The minimum Gasteiger partial charge on any atom is -0.384 e. The molecule has 0 aliphatic heterocycles. The van der Waals surface area contributed by atoms with Crippen LogP contribution in [0.4, 0.5) is 29.1 Å². The Balaban J connectivity index is 1.71. The Bertz CT molecular complexity index is 1300. The van der Waals surface area contributed by atoms with E-state index in [2.05, 4.69) is 25.3 Å². The van der Waals surface area contributed by atoms with E-state index in [0.717, 1.165) is 12.3 Å². The van der Waals surface area contributed by atoms with E-state index >= 15 is 0 Å². The number of hydrogen-bond acceptors (Lipinski definition) is 6. The van der Waals surface area contributed by atoms with Crippen LogP contribution in [-0.2, 0) is 18.5 Å². The summed E-state index contributed by atoms with van der Waals surface area (Å²) in [6, 6.07) is 10.3. The lowest BCUT2D eigenvalue weighted by Crippen LogP contribution is -2.18. The van der Waals surface area contributed by atoms with Crippen molar-refractivity contribution in [3.05, 3.63) is 71.7 Å². The first-order valence-corrected chi connectivity index (χ1v) is 9.91. The number of rotatable bonds is 5. The van der Waals surface area contributed by atoms with Gasteiger partial charge in [-0.15, -0.1) is 0 Å². The summed E-state index contributed by atoms with van der Waals surface area (Å²) in [7, 11) is 0. The lowest BCUT2D eigenvalue weighted by molar-refractivity contribution is -0.137. The Hall–Kier alpha value is -3.66. The molecule has 0 bridgehead atoms. The summed E-state index contributed by atoms with van der Waals surface area (Å²) in [6.07, 6.45) is -2.23. The molecule has 10 heteroatoms. The Labute approximate surface area is 186 Å². The lowest BCUT2D eigenvalue weighted by Gasteiger charge is -2.18. The Morgan fingerprint density at radius 1 is 0.939 bits per heavy atom. The van der Waals surface area contributed by atoms with E-state index in [-0.39, 0.29) is 5.82 Å². The fraction of sp³-hybridized carbons (Fsp3) is 0.217. The van der Waals surface area contributed by atoms with Crippen LogP contribution in [0.5, 0.6) is 0 Å². The first kappa shape index (κ1) is 22.5. The van der Waals surface area contributed by atoms with E-state index in [0.29, 0.717) is 39.4 Å². The van der Waals surface area contributed by atoms with Crippen molar-refractivity contribution < 1.29 is 22.7 Å². The summed E-state index contributed by atoms with van der Waals surface area (Å²) in [4.78, 5) is 17.0. The number of aromatic nitrogens is 4. The second-order valence-electron chi connectivity index (χ2n) is 7.88. The molecule has 4 aromatic rings. The van der Waals surface area contributed by atoms with Gasteiger partial charge in [-0.05, 0) is 50.2 Å². The molecule has 0 aliphatic carbocycles. The molecule has 0 amide bonds. The first-order valence-electron chi connectivity index (χ1n) is 9.91. The van der Waals surface area contributed by atoms with Gasteiger partial charge in [-0.1, -0.05) is 6.07 Å². The van der Waals surface area contributed by atoms with Crippen LogP contribution in [0.15, 0.2) is 54.9 Å². The third-order valence-corrected chi connectivity index (χ3v) is 4.95. The van der Waals surface area contributed by atoms with Crippen LogP contribution in [0.25, 0.3) is 22.4 Å². The molecule has 6 nitrogen and oxygen atoms in total. The number of nitrogens with one attached hydrogen (secondary N) is 1. The van der Waals surface area contributed by atoms with Gasteiger partial charge in [-0.25, -0.2) is 24.3 Å². The van der Waals surface area contributed by atoms with Crippen molar-refractivity contribution in [1.82, 2.24) is 19.9 Å². The Kier molecular flexibility index (Phi) is 5.71. The summed E-state index contributed by atoms with van der Waals surface area (Å²) in [5.74, 6) is 0.221. The number of pyridine rings is 4. The van der Waals surface area contributed by atoms with Crippen molar-refractivity contribution in [1.29, 1.82) is 0 Å². The number of fused-ring (bicyclic) bond motifs is 1. The van der Waals surface area contributed by atoms with Crippen molar-refractivity contribution in [3.8, 4) is 11.4 Å². The maximum Gasteiger partial charge on any atom is 0.417 e. The second-order valence-corrected chi connectivity index (χ2v) is 7.88. The summed E-state index contributed by atoms with van der Waals surface area (Å²) >= 11 is 0. The van der Waals surface area contributed by atoms with Crippen LogP contribution in [0.1, 0.15) is 30.7 Å². The van der Waals surface area contributed by atoms with E-state index < -0.39 is 24.0 Å². The van der Waals surface area contributed by atoms with Crippen LogP contribution < -0.4 is 5.32 Å². The number of halogens is 4. The highest BCUT2D eigenvalue weighted by Gasteiger charge is 2.30. The van der Waals surface area contributed by atoms with Crippen molar-refractivity contribution in [2.24, 2.45) is 0 Å². The van der Waals surface area contributed by atoms with Gasteiger partial charge in [0.1, 0.15) is 18.1 Å². The average Bonchev–Trinajstić information content (AvgIpc) is 2.77. The van der Waals surface area contributed by atoms with Crippen molar-refractivity contribution in [2.75, 3.05) is 5.32 Å². The van der Waals surface area contributed by atoms with Crippen LogP contribution in [0, 0.1) is 0 Å². The molecule has 0 atom stereocenters. The number of alkyl halides is 4. The van der Waals surface area contributed by atoms with Crippen LogP contribution in [-0.4, -0.2) is 25.0 Å². The molecule has 170 valence electrons. The summed E-state index contributed by atoms with van der Waals surface area (Å²) < 4.78 is 51.9. The van der Waals surface area contributed by atoms with Crippen LogP contribution >= 0.6 is 0 Å². The first-order chi connectivity index (χ1) is 15.6. The fourth-order valence-electron chi connectivity index (χ4n) is 3.20. The number of hydrogen-bond donors (Lipinski definition) is 2. The minimum absolute atomic E-state index is 0.221.